The van der Waals surface area contributed by atoms with E-state index in [1.165, 1.54) is 12.1 Å². The highest BCUT2D eigenvalue weighted by Gasteiger charge is 2.25. The Hall–Kier alpha value is -1.62. The Morgan fingerprint density at radius 1 is 1.24 bits per heavy atom. The topological polar surface area (TPSA) is 35.2 Å². The summed E-state index contributed by atoms with van der Waals surface area (Å²) in [6.45, 7) is 1.50. The van der Waals surface area contributed by atoms with Gasteiger partial charge < -0.3 is 10.5 Å². The second-order valence-corrected chi connectivity index (χ2v) is 5.99. The lowest BCUT2D eigenvalue weighted by Gasteiger charge is -2.14. The number of halogens is 3. The molecule has 5 heteroatoms. The Labute approximate surface area is 130 Å². The fraction of sp³-hybridized carbons (Fsp3) is 0.250. The Bertz CT molecular complexity index is 693. The first-order valence-corrected chi connectivity index (χ1v) is 7.39. The van der Waals surface area contributed by atoms with Crippen LogP contribution in [0.25, 0.3) is 11.1 Å². The first-order chi connectivity index (χ1) is 9.88. The van der Waals surface area contributed by atoms with Gasteiger partial charge in [-0.15, -0.1) is 0 Å². The van der Waals surface area contributed by atoms with Gasteiger partial charge in [-0.05, 0) is 27.6 Å². The highest BCUT2D eigenvalue weighted by molar-refractivity contribution is 9.10. The molecule has 1 aliphatic heterocycles. The minimum absolute atomic E-state index is 0.00565. The van der Waals surface area contributed by atoms with Gasteiger partial charge in [0.2, 0.25) is 0 Å². The predicted octanol–water partition coefficient (Wildman–Crippen LogP) is 4.74. The molecular weight excluding hydrogens is 340 g/mol. The van der Waals surface area contributed by atoms with Crippen molar-refractivity contribution in [2.45, 2.75) is 19.3 Å². The lowest BCUT2D eigenvalue weighted by molar-refractivity contribution is 0.0175. The lowest BCUT2D eigenvalue weighted by atomic mass is 9.98. The van der Waals surface area contributed by atoms with Crippen molar-refractivity contribution in [3.8, 4) is 16.9 Å². The second-order valence-electron chi connectivity index (χ2n) is 5.20. The molecule has 0 radical (unpaired) electrons. The molecule has 0 atom stereocenters. The molecule has 0 saturated heterocycles. The Kier molecular flexibility index (Phi) is 3.40. The number of ether oxygens (including phenoxy) is 1. The van der Waals surface area contributed by atoms with Crippen LogP contribution in [-0.2, 0) is 12.3 Å². The van der Waals surface area contributed by atoms with Gasteiger partial charge in [-0.2, -0.15) is 0 Å². The van der Waals surface area contributed by atoms with Crippen molar-refractivity contribution in [1.82, 2.24) is 0 Å². The van der Waals surface area contributed by atoms with Crippen molar-refractivity contribution in [2.75, 3.05) is 12.3 Å². The van der Waals surface area contributed by atoms with Gasteiger partial charge in [0.25, 0.3) is 5.92 Å². The third kappa shape index (κ3) is 2.50. The summed E-state index contributed by atoms with van der Waals surface area (Å²) >= 11 is 3.47. The van der Waals surface area contributed by atoms with E-state index >= 15 is 0 Å². The van der Waals surface area contributed by atoms with E-state index in [1.54, 1.807) is 12.1 Å². The van der Waals surface area contributed by atoms with Crippen LogP contribution in [-0.4, -0.2) is 6.61 Å². The van der Waals surface area contributed by atoms with Gasteiger partial charge in [-0.25, -0.2) is 8.78 Å². The molecule has 0 bridgehead atoms. The first-order valence-electron chi connectivity index (χ1n) is 6.60. The standard InChI is InChI=1S/C16H14BrF2NO/c1-16(18,19)10-4-2-9(3-5-10)12-8-13(20)14(17)11-6-7-21-15(11)12/h2-5,8H,6-7,20H2,1H3. The molecule has 0 unspecified atom stereocenters. The summed E-state index contributed by atoms with van der Waals surface area (Å²) in [4.78, 5) is 0. The van der Waals surface area contributed by atoms with Crippen molar-refractivity contribution >= 4 is 21.6 Å². The zero-order valence-electron chi connectivity index (χ0n) is 11.4. The maximum Gasteiger partial charge on any atom is 0.270 e. The van der Waals surface area contributed by atoms with Crippen molar-refractivity contribution in [3.05, 3.63) is 45.9 Å². The molecule has 0 spiro atoms. The highest BCUT2D eigenvalue weighted by Crippen LogP contribution is 2.44. The van der Waals surface area contributed by atoms with E-state index in [4.69, 9.17) is 10.5 Å². The number of nitrogen functional groups attached to an aromatic ring is 1. The summed E-state index contributed by atoms with van der Waals surface area (Å²) in [6, 6.07) is 8.05. The lowest BCUT2D eigenvalue weighted by Crippen LogP contribution is -2.06. The highest BCUT2D eigenvalue weighted by atomic mass is 79.9. The van der Waals surface area contributed by atoms with Crippen molar-refractivity contribution in [1.29, 1.82) is 0 Å². The molecule has 3 rings (SSSR count). The summed E-state index contributed by atoms with van der Waals surface area (Å²) in [6.07, 6.45) is 0.791. The SMILES string of the molecule is CC(F)(F)c1ccc(-c2cc(N)c(Br)c3c2OCC3)cc1. The van der Waals surface area contributed by atoms with Gasteiger partial charge in [-0.1, -0.05) is 24.3 Å². The Balaban J connectivity index is 2.10. The monoisotopic (exact) mass is 353 g/mol. The summed E-state index contributed by atoms with van der Waals surface area (Å²) in [7, 11) is 0. The van der Waals surface area contributed by atoms with Crippen LogP contribution in [0.1, 0.15) is 18.1 Å². The smallest absolute Gasteiger partial charge is 0.270 e. The zero-order chi connectivity index (χ0) is 15.2. The maximum atomic E-state index is 13.3. The van der Waals surface area contributed by atoms with Crippen molar-refractivity contribution < 1.29 is 13.5 Å². The fourth-order valence-corrected chi connectivity index (χ4v) is 3.01. The number of fused-ring (bicyclic) bond motifs is 1. The van der Waals surface area contributed by atoms with Crippen LogP contribution in [0.5, 0.6) is 5.75 Å². The van der Waals surface area contributed by atoms with Crippen LogP contribution in [0.4, 0.5) is 14.5 Å². The molecule has 0 fully saturated rings. The minimum Gasteiger partial charge on any atom is -0.492 e. The molecule has 110 valence electrons. The van der Waals surface area contributed by atoms with E-state index in [0.29, 0.717) is 12.3 Å². The molecule has 2 N–H and O–H groups in total. The molecule has 1 heterocycles. The average Bonchev–Trinajstić information content (AvgIpc) is 2.92. The summed E-state index contributed by atoms with van der Waals surface area (Å²) in [5, 5.41) is 0. The molecule has 0 amide bonds. The van der Waals surface area contributed by atoms with E-state index in [2.05, 4.69) is 15.9 Å². The minimum atomic E-state index is -2.84. The molecular formula is C16H14BrF2NO. The summed E-state index contributed by atoms with van der Waals surface area (Å²) in [5.74, 6) is -2.05. The van der Waals surface area contributed by atoms with Crippen LogP contribution in [0.2, 0.25) is 0 Å². The van der Waals surface area contributed by atoms with Gasteiger partial charge in [0.1, 0.15) is 5.75 Å². The quantitative estimate of drug-likeness (QED) is 0.791. The zero-order valence-corrected chi connectivity index (χ0v) is 13.0. The molecule has 0 aromatic heterocycles. The van der Waals surface area contributed by atoms with E-state index < -0.39 is 5.92 Å². The molecule has 2 aromatic rings. The molecule has 2 nitrogen and oxygen atoms in total. The second kappa shape index (κ2) is 4.98. The van der Waals surface area contributed by atoms with E-state index in [9.17, 15) is 8.78 Å². The van der Waals surface area contributed by atoms with Crippen LogP contribution >= 0.6 is 15.9 Å². The number of hydrogen-bond acceptors (Lipinski definition) is 2. The van der Waals surface area contributed by atoms with Crippen molar-refractivity contribution in [2.24, 2.45) is 0 Å². The number of anilines is 1. The maximum absolute atomic E-state index is 13.3. The fourth-order valence-electron chi connectivity index (χ4n) is 2.52. The number of nitrogens with two attached hydrogens (primary N) is 1. The van der Waals surface area contributed by atoms with E-state index in [1.807, 2.05) is 6.07 Å². The van der Waals surface area contributed by atoms with Crippen LogP contribution in [0.3, 0.4) is 0 Å². The Morgan fingerprint density at radius 3 is 2.52 bits per heavy atom. The number of alkyl halides is 2. The number of rotatable bonds is 2. The predicted molar refractivity (Wildman–Crippen MR) is 82.8 cm³/mol. The van der Waals surface area contributed by atoms with Crippen LogP contribution in [0, 0.1) is 0 Å². The van der Waals surface area contributed by atoms with Gasteiger partial charge in [0, 0.05) is 40.2 Å². The molecule has 0 saturated carbocycles. The third-order valence-electron chi connectivity index (χ3n) is 3.64. The van der Waals surface area contributed by atoms with Gasteiger partial charge in [0.05, 0.1) is 6.61 Å². The van der Waals surface area contributed by atoms with Crippen LogP contribution < -0.4 is 10.5 Å². The first kappa shape index (κ1) is 14.3. The molecule has 2 aromatic carbocycles. The molecule has 0 aliphatic carbocycles. The number of hydrogen-bond donors (Lipinski definition) is 1. The Morgan fingerprint density at radius 2 is 1.90 bits per heavy atom. The van der Waals surface area contributed by atoms with E-state index in [-0.39, 0.29) is 5.56 Å². The normalized spacial score (nSPS) is 13.9. The molecule has 21 heavy (non-hydrogen) atoms. The number of benzene rings is 2. The van der Waals surface area contributed by atoms with Gasteiger partial charge >= 0.3 is 0 Å². The van der Waals surface area contributed by atoms with Gasteiger partial charge in [-0.3, -0.25) is 0 Å². The summed E-state index contributed by atoms with van der Waals surface area (Å²) in [5.41, 5.74) is 9.32. The summed E-state index contributed by atoms with van der Waals surface area (Å²) < 4.78 is 33.1. The van der Waals surface area contributed by atoms with Crippen LogP contribution in [0.15, 0.2) is 34.8 Å². The third-order valence-corrected chi connectivity index (χ3v) is 4.57. The van der Waals surface area contributed by atoms with Crippen molar-refractivity contribution in [3.63, 3.8) is 0 Å². The molecule has 1 aliphatic rings. The largest absolute Gasteiger partial charge is 0.492 e. The van der Waals surface area contributed by atoms with Gasteiger partial charge in [0.15, 0.2) is 0 Å². The average molecular weight is 354 g/mol. The van der Waals surface area contributed by atoms with E-state index in [0.717, 1.165) is 40.3 Å².